The van der Waals surface area contributed by atoms with Crippen LogP contribution < -0.4 is 0 Å². The number of halogens is 3. The van der Waals surface area contributed by atoms with Crippen LogP contribution in [-0.4, -0.2) is 50.6 Å². The van der Waals surface area contributed by atoms with Crippen molar-refractivity contribution in [3.63, 3.8) is 0 Å². The number of aromatic nitrogens is 2. The fraction of sp³-hybridized carbons (Fsp3) is 0.375. The van der Waals surface area contributed by atoms with E-state index in [9.17, 15) is 23.1 Å². The van der Waals surface area contributed by atoms with Crippen LogP contribution >= 0.6 is 0 Å². The number of amides is 1. The predicted octanol–water partition coefficient (Wildman–Crippen LogP) is 1.94. The summed E-state index contributed by atoms with van der Waals surface area (Å²) in [6.07, 6.45) is -1.80. The first-order chi connectivity index (χ1) is 11.3. The average molecular weight is 339 g/mol. The molecule has 1 aromatic heterocycles. The highest BCUT2D eigenvalue weighted by Gasteiger charge is 2.57. The zero-order valence-electron chi connectivity index (χ0n) is 12.7. The number of hydrogen-bond acceptors (Lipinski definition) is 3. The van der Waals surface area contributed by atoms with E-state index in [1.165, 1.54) is 0 Å². The highest BCUT2D eigenvalue weighted by molar-refractivity contribution is 5.79. The number of β-amino-alcohol motifs (C(OH)–C–C–N with tert-alkyl or cyclic N) is 1. The smallest absolute Gasteiger partial charge is 0.379 e. The second-order valence-electron chi connectivity index (χ2n) is 5.89. The summed E-state index contributed by atoms with van der Waals surface area (Å²) >= 11 is 0. The monoisotopic (exact) mass is 339 g/mol. The van der Waals surface area contributed by atoms with Crippen molar-refractivity contribution in [2.24, 2.45) is 0 Å². The molecule has 2 aromatic rings. The number of likely N-dealkylation sites (tertiary alicyclic amines) is 1. The first-order valence-electron chi connectivity index (χ1n) is 7.44. The van der Waals surface area contributed by atoms with Gasteiger partial charge in [0.15, 0.2) is 5.60 Å². The maximum Gasteiger partial charge on any atom is 0.419 e. The third-order valence-corrected chi connectivity index (χ3v) is 4.19. The molecule has 0 bridgehead atoms. The number of hydrogen-bond donors (Lipinski definition) is 1. The van der Waals surface area contributed by atoms with Gasteiger partial charge in [-0.15, -0.1) is 0 Å². The average Bonchev–Trinajstić information content (AvgIpc) is 3.17. The van der Waals surface area contributed by atoms with Gasteiger partial charge < -0.3 is 10.0 Å². The molecular formula is C16H16F3N3O2. The number of alkyl halides is 3. The van der Waals surface area contributed by atoms with Gasteiger partial charge in [0.2, 0.25) is 5.91 Å². The van der Waals surface area contributed by atoms with Gasteiger partial charge in [0.25, 0.3) is 0 Å². The summed E-state index contributed by atoms with van der Waals surface area (Å²) in [5.41, 5.74) is -1.28. The Balaban J connectivity index is 1.63. The zero-order valence-corrected chi connectivity index (χ0v) is 12.7. The molecule has 128 valence electrons. The molecular weight excluding hydrogens is 323 g/mol. The van der Waals surface area contributed by atoms with E-state index in [2.05, 4.69) is 5.10 Å². The van der Waals surface area contributed by atoms with Gasteiger partial charge in [0, 0.05) is 25.4 Å². The van der Waals surface area contributed by atoms with Crippen molar-refractivity contribution in [2.75, 3.05) is 13.1 Å². The molecule has 2 heterocycles. The van der Waals surface area contributed by atoms with Gasteiger partial charge in [-0.2, -0.15) is 18.3 Å². The Kier molecular flexibility index (Phi) is 4.08. The summed E-state index contributed by atoms with van der Waals surface area (Å²) in [6.45, 7) is -0.805. The fourth-order valence-electron chi connectivity index (χ4n) is 2.71. The molecule has 24 heavy (non-hydrogen) atoms. The minimum Gasteiger partial charge on any atom is -0.379 e. The summed E-state index contributed by atoms with van der Waals surface area (Å²) in [5, 5.41) is 13.7. The van der Waals surface area contributed by atoms with Crippen LogP contribution in [0.2, 0.25) is 0 Å². The van der Waals surface area contributed by atoms with Crippen molar-refractivity contribution in [3.05, 3.63) is 48.3 Å². The number of rotatable bonds is 3. The molecule has 1 aromatic carbocycles. The number of carbonyl (C=O) groups is 1. The Morgan fingerprint density at radius 1 is 1.29 bits per heavy atom. The Bertz CT molecular complexity index is 713. The van der Waals surface area contributed by atoms with Crippen LogP contribution in [0.25, 0.3) is 5.69 Å². The molecule has 1 aliphatic rings. The van der Waals surface area contributed by atoms with Crippen molar-refractivity contribution in [3.8, 4) is 5.69 Å². The maximum atomic E-state index is 12.8. The first-order valence-corrected chi connectivity index (χ1v) is 7.44. The van der Waals surface area contributed by atoms with E-state index in [-0.39, 0.29) is 13.0 Å². The third-order valence-electron chi connectivity index (χ3n) is 4.19. The van der Waals surface area contributed by atoms with Gasteiger partial charge in [-0.05, 0) is 23.8 Å². The van der Waals surface area contributed by atoms with Crippen LogP contribution in [0.5, 0.6) is 0 Å². The molecule has 5 nitrogen and oxygen atoms in total. The molecule has 1 saturated heterocycles. The quantitative estimate of drug-likeness (QED) is 0.930. The lowest BCUT2D eigenvalue weighted by Crippen LogP contribution is -2.48. The van der Waals surface area contributed by atoms with Crippen molar-refractivity contribution in [1.29, 1.82) is 0 Å². The topological polar surface area (TPSA) is 58.4 Å². The van der Waals surface area contributed by atoms with Gasteiger partial charge >= 0.3 is 6.18 Å². The summed E-state index contributed by atoms with van der Waals surface area (Å²) in [6, 6.07) is 8.83. The summed E-state index contributed by atoms with van der Waals surface area (Å²) in [5.74, 6) is -0.429. The fourth-order valence-corrected chi connectivity index (χ4v) is 2.71. The second-order valence-corrected chi connectivity index (χ2v) is 5.89. The Morgan fingerprint density at radius 3 is 2.54 bits per heavy atom. The van der Waals surface area contributed by atoms with E-state index >= 15 is 0 Å². The van der Waals surface area contributed by atoms with E-state index in [1.807, 2.05) is 0 Å². The van der Waals surface area contributed by atoms with Gasteiger partial charge in [-0.3, -0.25) is 4.79 Å². The van der Waals surface area contributed by atoms with Crippen LogP contribution in [0.1, 0.15) is 12.0 Å². The zero-order chi connectivity index (χ0) is 17.4. The van der Waals surface area contributed by atoms with Crippen LogP contribution in [-0.2, 0) is 11.2 Å². The number of benzene rings is 1. The van der Waals surface area contributed by atoms with E-state index in [0.29, 0.717) is 5.56 Å². The largest absolute Gasteiger partial charge is 0.419 e. The number of carbonyl (C=O) groups excluding carboxylic acids is 1. The van der Waals surface area contributed by atoms with Crippen molar-refractivity contribution < 1.29 is 23.1 Å². The molecule has 1 atom stereocenters. The summed E-state index contributed by atoms with van der Waals surface area (Å²) in [7, 11) is 0. The highest BCUT2D eigenvalue weighted by atomic mass is 19.4. The minimum absolute atomic E-state index is 0.00662. The van der Waals surface area contributed by atoms with E-state index in [4.69, 9.17) is 0 Å². The van der Waals surface area contributed by atoms with Gasteiger partial charge in [-0.1, -0.05) is 12.1 Å². The molecule has 0 saturated carbocycles. The maximum absolute atomic E-state index is 12.8. The molecule has 0 radical (unpaired) electrons. The first kappa shape index (κ1) is 16.5. The minimum atomic E-state index is -4.73. The van der Waals surface area contributed by atoms with Crippen LogP contribution in [0.4, 0.5) is 13.2 Å². The van der Waals surface area contributed by atoms with E-state index < -0.39 is 30.7 Å². The SMILES string of the molecule is O=C(Cc1ccc(-n2cccn2)cc1)N1CCC(O)(C(F)(F)F)C1. The predicted molar refractivity (Wildman–Crippen MR) is 79.5 cm³/mol. The molecule has 1 fully saturated rings. The number of nitrogens with zero attached hydrogens (tertiary/aromatic N) is 3. The van der Waals surface area contributed by atoms with E-state index in [0.717, 1.165) is 10.6 Å². The Hall–Kier alpha value is -2.35. The molecule has 1 unspecified atom stereocenters. The molecule has 1 amide bonds. The second kappa shape index (κ2) is 5.94. The molecule has 3 rings (SSSR count). The standard InChI is InChI=1S/C16H16F3N3O2/c17-16(18,19)15(24)6-9-21(11-15)14(23)10-12-2-4-13(5-3-12)22-8-1-7-20-22/h1-5,7-8,24H,6,9-11H2. The number of aliphatic hydroxyl groups is 1. The Labute approximate surface area is 136 Å². The van der Waals surface area contributed by atoms with E-state index in [1.54, 1.807) is 47.4 Å². The van der Waals surface area contributed by atoms with Gasteiger partial charge in [0.05, 0.1) is 18.7 Å². The lowest BCUT2D eigenvalue weighted by Gasteiger charge is -2.25. The molecule has 0 aliphatic carbocycles. The Morgan fingerprint density at radius 2 is 2.00 bits per heavy atom. The molecule has 8 heteroatoms. The highest BCUT2D eigenvalue weighted by Crippen LogP contribution is 2.37. The molecule has 0 spiro atoms. The van der Waals surface area contributed by atoms with Crippen molar-refractivity contribution in [2.45, 2.75) is 24.6 Å². The van der Waals surface area contributed by atoms with Gasteiger partial charge in [-0.25, -0.2) is 4.68 Å². The third kappa shape index (κ3) is 3.14. The normalized spacial score (nSPS) is 21.2. The lowest BCUT2D eigenvalue weighted by atomic mass is 10.0. The molecule has 1 N–H and O–H groups in total. The van der Waals surface area contributed by atoms with Crippen LogP contribution in [0.15, 0.2) is 42.7 Å². The summed E-state index contributed by atoms with van der Waals surface area (Å²) < 4.78 is 40.0. The lowest BCUT2D eigenvalue weighted by molar-refractivity contribution is -0.253. The molecule has 1 aliphatic heterocycles. The summed E-state index contributed by atoms with van der Waals surface area (Å²) in [4.78, 5) is 13.2. The van der Waals surface area contributed by atoms with Crippen molar-refractivity contribution in [1.82, 2.24) is 14.7 Å². The van der Waals surface area contributed by atoms with Crippen LogP contribution in [0, 0.1) is 0 Å². The van der Waals surface area contributed by atoms with Gasteiger partial charge in [0.1, 0.15) is 0 Å². The van der Waals surface area contributed by atoms with Crippen molar-refractivity contribution >= 4 is 5.91 Å². The van der Waals surface area contributed by atoms with Crippen LogP contribution in [0.3, 0.4) is 0 Å².